The SMILES string of the molecule is CN(CCCNC(=O)c1ccc(S(=O)(=O)N(C)C)cc1)c1ccccc1F. The second-order valence-corrected chi connectivity index (χ2v) is 8.45. The number of carbonyl (C=O) groups is 1. The Hall–Kier alpha value is -2.45. The highest BCUT2D eigenvalue weighted by molar-refractivity contribution is 7.89. The summed E-state index contributed by atoms with van der Waals surface area (Å²) in [4.78, 5) is 14.1. The van der Waals surface area contributed by atoms with Gasteiger partial charge in [0.2, 0.25) is 10.0 Å². The maximum Gasteiger partial charge on any atom is 0.251 e. The van der Waals surface area contributed by atoms with Crippen LogP contribution in [-0.4, -0.2) is 52.9 Å². The number of sulfonamides is 1. The predicted molar refractivity (Wildman–Crippen MR) is 104 cm³/mol. The monoisotopic (exact) mass is 393 g/mol. The number of nitrogens with one attached hydrogen (secondary N) is 1. The minimum absolute atomic E-state index is 0.135. The molecular weight excluding hydrogens is 369 g/mol. The molecule has 0 aromatic heterocycles. The summed E-state index contributed by atoms with van der Waals surface area (Å²) in [6, 6.07) is 12.3. The molecule has 0 saturated carbocycles. The average molecular weight is 393 g/mol. The zero-order valence-corrected chi connectivity index (χ0v) is 16.5. The van der Waals surface area contributed by atoms with Crippen molar-refractivity contribution in [3.8, 4) is 0 Å². The second kappa shape index (κ2) is 8.96. The standard InChI is InChI=1S/C19H24FN3O3S/c1-22(2)27(25,26)16-11-9-15(10-12-16)19(24)21-13-6-14-23(3)18-8-5-4-7-17(18)20/h4-5,7-12H,6,13-14H2,1-3H3,(H,21,24). The fourth-order valence-corrected chi connectivity index (χ4v) is 3.39. The van der Waals surface area contributed by atoms with E-state index in [0.29, 0.717) is 30.8 Å². The maximum atomic E-state index is 13.7. The Bertz CT molecular complexity index is 883. The molecule has 2 aromatic carbocycles. The van der Waals surface area contributed by atoms with Gasteiger partial charge in [0.25, 0.3) is 5.91 Å². The van der Waals surface area contributed by atoms with Gasteiger partial charge in [0, 0.05) is 39.8 Å². The Kier molecular flexibility index (Phi) is 6.92. The van der Waals surface area contributed by atoms with Crippen molar-refractivity contribution >= 4 is 21.6 Å². The highest BCUT2D eigenvalue weighted by Crippen LogP contribution is 2.17. The van der Waals surface area contributed by atoms with Crippen LogP contribution < -0.4 is 10.2 Å². The summed E-state index contributed by atoms with van der Waals surface area (Å²) in [6.45, 7) is 1.01. The van der Waals surface area contributed by atoms with E-state index in [1.165, 1.54) is 44.4 Å². The molecule has 27 heavy (non-hydrogen) atoms. The van der Waals surface area contributed by atoms with Crippen molar-refractivity contribution in [2.24, 2.45) is 0 Å². The summed E-state index contributed by atoms with van der Waals surface area (Å²) in [5.41, 5.74) is 0.900. The lowest BCUT2D eigenvalue weighted by Gasteiger charge is -2.19. The highest BCUT2D eigenvalue weighted by Gasteiger charge is 2.17. The van der Waals surface area contributed by atoms with E-state index in [-0.39, 0.29) is 16.6 Å². The Morgan fingerprint density at radius 1 is 1.04 bits per heavy atom. The van der Waals surface area contributed by atoms with Crippen LogP contribution in [0.5, 0.6) is 0 Å². The number of rotatable bonds is 8. The summed E-state index contributed by atoms with van der Waals surface area (Å²) < 4.78 is 38.9. The molecule has 2 rings (SSSR count). The summed E-state index contributed by atoms with van der Waals surface area (Å²) >= 11 is 0. The van der Waals surface area contributed by atoms with E-state index < -0.39 is 10.0 Å². The fraction of sp³-hybridized carbons (Fsp3) is 0.316. The minimum Gasteiger partial charge on any atom is -0.372 e. The van der Waals surface area contributed by atoms with Crippen LogP contribution in [0.4, 0.5) is 10.1 Å². The summed E-state index contributed by atoms with van der Waals surface area (Å²) in [5.74, 6) is -0.561. The van der Waals surface area contributed by atoms with E-state index in [4.69, 9.17) is 0 Å². The van der Waals surface area contributed by atoms with Crippen molar-refractivity contribution in [1.29, 1.82) is 0 Å². The Morgan fingerprint density at radius 3 is 2.26 bits per heavy atom. The molecule has 0 aliphatic rings. The summed E-state index contributed by atoms with van der Waals surface area (Å²) in [5, 5.41) is 2.78. The molecule has 0 atom stereocenters. The van der Waals surface area contributed by atoms with E-state index in [9.17, 15) is 17.6 Å². The first-order valence-corrected chi connectivity index (χ1v) is 9.94. The first-order chi connectivity index (χ1) is 12.7. The van der Waals surface area contributed by atoms with Crippen LogP contribution >= 0.6 is 0 Å². The molecule has 8 heteroatoms. The molecule has 6 nitrogen and oxygen atoms in total. The van der Waals surface area contributed by atoms with Gasteiger partial charge >= 0.3 is 0 Å². The molecular formula is C19H24FN3O3S. The molecule has 2 aromatic rings. The molecule has 0 heterocycles. The number of carbonyl (C=O) groups excluding carboxylic acids is 1. The Morgan fingerprint density at radius 2 is 1.67 bits per heavy atom. The van der Waals surface area contributed by atoms with E-state index >= 15 is 0 Å². The lowest BCUT2D eigenvalue weighted by molar-refractivity contribution is 0.0953. The number of amides is 1. The average Bonchev–Trinajstić information content (AvgIpc) is 2.65. The van der Waals surface area contributed by atoms with E-state index in [1.807, 2.05) is 0 Å². The number of halogens is 1. The van der Waals surface area contributed by atoms with E-state index in [2.05, 4.69) is 5.32 Å². The summed E-state index contributed by atoms with van der Waals surface area (Å²) in [7, 11) is 1.19. The quantitative estimate of drug-likeness (QED) is 0.699. The summed E-state index contributed by atoms with van der Waals surface area (Å²) in [6.07, 6.45) is 0.643. The largest absolute Gasteiger partial charge is 0.372 e. The highest BCUT2D eigenvalue weighted by atomic mass is 32.2. The molecule has 0 spiro atoms. The molecule has 0 bridgehead atoms. The van der Waals surface area contributed by atoms with Gasteiger partial charge in [-0.3, -0.25) is 4.79 Å². The molecule has 146 valence electrons. The number of anilines is 1. The molecule has 0 fully saturated rings. The third kappa shape index (κ3) is 5.27. The third-order valence-electron chi connectivity index (χ3n) is 4.11. The molecule has 1 amide bonds. The van der Waals surface area contributed by atoms with Crippen molar-refractivity contribution in [1.82, 2.24) is 9.62 Å². The maximum absolute atomic E-state index is 13.7. The molecule has 1 N–H and O–H groups in total. The van der Waals surface area contributed by atoms with Gasteiger partial charge in [-0.1, -0.05) is 12.1 Å². The van der Waals surface area contributed by atoms with Crippen LogP contribution in [0.2, 0.25) is 0 Å². The second-order valence-electron chi connectivity index (χ2n) is 6.29. The normalized spacial score (nSPS) is 11.4. The number of hydrogen-bond acceptors (Lipinski definition) is 4. The smallest absolute Gasteiger partial charge is 0.251 e. The van der Waals surface area contributed by atoms with Crippen molar-refractivity contribution < 1.29 is 17.6 Å². The zero-order valence-electron chi connectivity index (χ0n) is 15.6. The topological polar surface area (TPSA) is 69.7 Å². The lowest BCUT2D eigenvalue weighted by Crippen LogP contribution is -2.28. The number of benzene rings is 2. The van der Waals surface area contributed by atoms with Crippen molar-refractivity contribution in [2.45, 2.75) is 11.3 Å². The molecule has 0 aliphatic heterocycles. The van der Waals surface area contributed by atoms with Gasteiger partial charge in [-0.05, 0) is 42.8 Å². The van der Waals surface area contributed by atoms with Crippen molar-refractivity contribution in [2.75, 3.05) is 39.1 Å². The van der Waals surface area contributed by atoms with Crippen molar-refractivity contribution in [3.05, 3.63) is 59.9 Å². The lowest BCUT2D eigenvalue weighted by atomic mass is 10.2. The molecule has 0 radical (unpaired) electrons. The minimum atomic E-state index is -3.51. The Balaban J connectivity index is 1.85. The molecule has 0 unspecified atom stereocenters. The van der Waals surface area contributed by atoms with Gasteiger partial charge in [-0.25, -0.2) is 17.1 Å². The van der Waals surface area contributed by atoms with E-state index in [0.717, 1.165) is 4.31 Å². The molecule has 0 aliphatic carbocycles. The van der Waals surface area contributed by atoms with Crippen molar-refractivity contribution in [3.63, 3.8) is 0 Å². The van der Waals surface area contributed by atoms with Gasteiger partial charge in [-0.15, -0.1) is 0 Å². The third-order valence-corrected chi connectivity index (χ3v) is 5.94. The van der Waals surface area contributed by atoms with Crippen LogP contribution in [0.25, 0.3) is 0 Å². The number of nitrogens with zero attached hydrogens (tertiary/aromatic N) is 2. The van der Waals surface area contributed by atoms with Crippen LogP contribution in [0, 0.1) is 5.82 Å². The predicted octanol–water partition coefficient (Wildman–Crippen LogP) is 2.33. The van der Waals surface area contributed by atoms with Gasteiger partial charge in [0.1, 0.15) is 5.82 Å². The molecule has 0 saturated heterocycles. The first kappa shape index (κ1) is 20.9. The fourth-order valence-electron chi connectivity index (χ4n) is 2.49. The van der Waals surface area contributed by atoms with Gasteiger partial charge in [0.05, 0.1) is 10.6 Å². The van der Waals surface area contributed by atoms with Crippen LogP contribution in [-0.2, 0) is 10.0 Å². The van der Waals surface area contributed by atoms with E-state index in [1.54, 1.807) is 30.1 Å². The number of hydrogen-bond donors (Lipinski definition) is 1. The Labute approximate surface area is 159 Å². The van der Waals surface area contributed by atoms with Crippen LogP contribution in [0.3, 0.4) is 0 Å². The first-order valence-electron chi connectivity index (χ1n) is 8.50. The van der Waals surface area contributed by atoms with Crippen LogP contribution in [0.1, 0.15) is 16.8 Å². The number of para-hydroxylation sites is 1. The van der Waals surface area contributed by atoms with Gasteiger partial charge < -0.3 is 10.2 Å². The zero-order chi connectivity index (χ0) is 20.0. The van der Waals surface area contributed by atoms with Crippen LogP contribution in [0.15, 0.2) is 53.4 Å². The van der Waals surface area contributed by atoms with Gasteiger partial charge in [-0.2, -0.15) is 0 Å². The van der Waals surface area contributed by atoms with Gasteiger partial charge in [0.15, 0.2) is 0 Å².